The number of carbonyl (C=O) groups is 6. The second kappa shape index (κ2) is 44.1. The molecule has 35 heteroatoms. The second-order valence-electron chi connectivity index (χ2n) is 24.0. The monoisotopic (exact) mass is 1760 g/mol. The van der Waals surface area contributed by atoms with Crippen molar-refractivity contribution in [2.45, 2.75) is 0 Å². The molecule has 0 heterocycles. The standard InChI is InChI=1S/C84H78N6O21P4S4/c1-88(112(116,106-73-40-28-61(16-10-46-91)52-79(73)97-4)107-74-41-29-62(17-11-47-92)53-80(74)98-5)85-58-67-22-34-70(35-23-67)103-115(119,104-71-36-24-68(25-37-71)59-86-89(2)113(117,108-75-42-30-63(18-12-48-93)54-81(75)99-6)109-76-43-31-64(19-13-49-94)55-82(76)100-7)105-72-38-26-69(27-39-72)60-87-90(3)114(118,110-77-44-32-65(20-14-50-95)56-83(77)101-8)111-78-45-33-66(21-15-51-96)57-84(78)102-9/h10-60H,1-9H3/b16-10+,17-11+,18-12+,19-13+,20-14+,21-15+,85-58+,86-59+,87-60+. The van der Waals surface area contributed by atoms with Gasteiger partial charge in [-0.05, 0) is 232 Å². The summed E-state index contributed by atoms with van der Waals surface area (Å²) in [5.41, 5.74) is 5.52. The van der Waals surface area contributed by atoms with Crippen molar-refractivity contribution in [3.8, 4) is 86.2 Å². The molecule has 0 amide bonds. The Hall–Kier alpha value is -12.6. The molecule has 0 fully saturated rings. The van der Waals surface area contributed by atoms with Crippen LogP contribution in [0.5, 0.6) is 86.2 Å². The quantitative estimate of drug-likeness (QED) is 0.0113. The lowest BCUT2D eigenvalue weighted by molar-refractivity contribution is -0.104. The van der Waals surface area contributed by atoms with Crippen LogP contribution in [-0.2, 0) is 76.0 Å². The van der Waals surface area contributed by atoms with Gasteiger partial charge >= 0.3 is 26.6 Å². The van der Waals surface area contributed by atoms with Gasteiger partial charge in [-0.1, -0.05) is 72.9 Å². The van der Waals surface area contributed by atoms with Crippen LogP contribution in [0.4, 0.5) is 0 Å². The van der Waals surface area contributed by atoms with E-state index < -0.39 is 26.6 Å². The lowest BCUT2D eigenvalue weighted by Gasteiger charge is -2.30. The van der Waals surface area contributed by atoms with Crippen LogP contribution in [0.2, 0.25) is 0 Å². The molecule has 119 heavy (non-hydrogen) atoms. The predicted molar refractivity (Wildman–Crippen MR) is 477 cm³/mol. The average molecular weight is 1760 g/mol. The molecule has 27 nitrogen and oxygen atoms in total. The zero-order chi connectivity index (χ0) is 85.4. The molecule has 0 aliphatic carbocycles. The number of nitrogens with zero attached hydrogens (tertiary/aromatic N) is 6. The fourth-order valence-electron chi connectivity index (χ4n) is 10.2. The number of allylic oxidation sites excluding steroid dienone is 6. The lowest BCUT2D eigenvalue weighted by Crippen LogP contribution is -2.17. The Balaban J connectivity index is 1.03. The largest absolute Gasteiger partial charge is 0.493 e. The molecule has 0 radical (unpaired) electrons. The Labute approximate surface area is 708 Å². The molecule has 0 atom stereocenters. The van der Waals surface area contributed by atoms with Crippen molar-refractivity contribution >= 4 is 167 Å². The van der Waals surface area contributed by atoms with Crippen molar-refractivity contribution in [3.05, 3.63) is 269 Å². The summed E-state index contributed by atoms with van der Waals surface area (Å²) in [6.07, 6.45) is 26.1. The number of benzene rings is 9. The molecule has 0 aromatic heterocycles. The summed E-state index contributed by atoms with van der Waals surface area (Å²) in [5.74, 6) is 3.61. The van der Waals surface area contributed by atoms with Crippen LogP contribution < -0.4 is 69.1 Å². The first-order chi connectivity index (χ1) is 57.5. The molecule has 0 saturated carbocycles. The molecule has 0 aliphatic rings. The number of hydrogen-bond acceptors (Lipinski definition) is 28. The molecule has 0 bridgehead atoms. The fourth-order valence-corrected chi connectivity index (χ4v) is 17.8. The van der Waals surface area contributed by atoms with Crippen LogP contribution in [0.25, 0.3) is 36.5 Å². The summed E-state index contributed by atoms with van der Waals surface area (Å²) in [5, 5.41) is 14.2. The van der Waals surface area contributed by atoms with Gasteiger partial charge in [0.2, 0.25) is 0 Å². The minimum Gasteiger partial charge on any atom is -0.493 e. The molecule has 0 aliphatic heterocycles. The van der Waals surface area contributed by atoms with E-state index in [-0.39, 0.29) is 86.2 Å². The lowest BCUT2D eigenvalue weighted by atomic mass is 10.2. The molecule has 0 saturated heterocycles. The van der Waals surface area contributed by atoms with E-state index in [4.69, 9.17) is 132 Å². The molecule has 0 N–H and O–H groups in total. The number of carbonyl (C=O) groups excluding carboxylic acids is 6. The minimum absolute atomic E-state index is 0.207. The van der Waals surface area contributed by atoms with Crippen molar-refractivity contribution in [3.63, 3.8) is 0 Å². The molecular formula is C84H78N6O21P4S4. The number of methoxy groups -OCH3 is 6. The van der Waals surface area contributed by atoms with Gasteiger partial charge in [0.05, 0.1) is 61.3 Å². The second-order valence-corrected chi connectivity index (χ2v) is 36.6. The predicted octanol–water partition coefficient (Wildman–Crippen LogP) is 17.7. The van der Waals surface area contributed by atoms with E-state index in [1.54, 1.807) is 240 Å². The van der Waals surface area contributed by atoms with E-state index in [1.165, 1.54) is 112 Å². The highest BCUT2D eigenvalue weighted by molar-refractivity contribution is 8.10. The minimum atomic E-state index is -3.98. The highest BCUT2D eigenvalue weighted by Crippen LogP contribution is 2.59. The van der Waals surface area contributed by atoms with Gasteiger partial charge in [0.1, 0.15) is 55.0 Å². The van der Waals surface area contributed by atoms with E-state index in [0.717, 1.165) is 0 Å². The molecule has 9 aromatic rings. The summed E-state index contributed by atoms with van der Waals surface area (Å²) < 4.78 is 97.5. The first-order valence-corrected chi connectivity index (χ1v) is 45.4. The summed E-state index contributed by atoms with van der Waals surface area (Å²) in [6, 6.07) is 50.1. The van der Waals surface area contributed by atoms with Crippen molar-refractivity contribution in [1.82, 2.24) is 14.3 Å². The maximum absolute atomic E-state index is 11.2. The zero-order valence-electron chi connectivity index (χ0n) is 65.1. The Morgan fingerprint density at radius 3 is 0.571 bits per heavy atom. The number of rotatable bonds is 45. The third kappa shape index (κ3) is 25.7. The van der Waals surface area contributed by atoms with Crippen molar-refractivity contribution in [2.24, 2.45) is 15.3 Å². The third-order valence-electron chi connectivity index (χ3n) is 16.1. The summed E-state index contributed by atoms with van der Waals surface area (Å²) in [4.78, 5) is 67.1. The van der Waals surface area contributed by atoms with E-state index in [2.05, 4.69) is 0 Å². The van der Waals surface area contributed by atoms with E-state index in [0.29, 0.717) is 87.8 Å². The van der Waals surface area contributed by atoms with Crippen molar-refractivity contribution in [1.29, 1.82) is 0 Å². The molecule has 9 rings (SSSR count). The normalized spacial score (nSPS) is 11.9. The van der Waals surface area contributed by atoms with Gasteiger partial charge in [0.15, 0.2) is 69.0 Å². The number of hydrogen-bond donors (Lipinski definition) is 0. The smallest absolute Gasteiger partial charge is 0.490 e. The highest BCUT2D eigenvalue weighted by Gasteiger charge is 2.36. The van der Waals surface area contributed by atoms with Crippen molar-refractivity contribution < 1.29 is 97.9 Å². The first kappa shape index (κ1) is 90.4. The number of aldehydes is 6. The van der Waals surface area contributed by atoms with Gasteiger partial charge in [0.25, 0.3) is 0 Å². The Morgan fingerprint density at radius 1 is 0.244 bits per heavy atom. The molecule has 0 unspecified atom stereocenters. The van der Waals surface area contributed by atoms with Crippen LogP contribution >= 0.6 is 26.6 Å². The van der Waals surface area contributed by atoms with Crippen LogP contribution in [0.3, 0.4) is 0 Å². The van der Waals surface area contributed by atoms with Crippen molar-refractivity contribution in [2.75, 3.05) is 63.8 Å². The van der Waals surface area contributed by atoms with Gasteiger partial charge in [-0.25, -0.2) is 14.3 Å². The van der Waals surface area contributed by atoms with Crippen LogP contribution in [0.1, 0.15) is 50.1 Å². The van der Waals surface area contributed by atoms with E-state index in [9.17, 15) is 28.8 Å². The third-order valence-corrected chi connectivity index (χ3v) is 26.5. The van der Waals surface area contributed by atoms with Crippen LogP contribution in [-0.4, -0.2) is 135 Å². The molecule has 0 spiro atoms. The van der Waals surface area contributed by atoms with Gasteiger partial charge in [0, 0.05) is 68.4 Å². The van der Waals surface area contributed by atoms with Crippen LogP contribution in [0.15, 0.2) is 234 Å². The average Bonchev–Trinajstić information content (AvgIpc) is 0.805. The summed E-state index contributed by atoms with van der Waals surface area (Å²) in [7, 11) is 13.5. The van der Waals surface area contributed by atoms with E-state index >= 15 is 0 Å². The van der Waals surface area contributed by atoms with Gasteiger partial charge in [-0.2, -0.15) is 15.3 Å². The maximum atomic E-state index is 11.2. The molecule has 614 valence electrons. The van der Waals surface area contributed by atoms with Gasteiger partial charge in [-0.15, -0.1) is 0 Å². The highest BCUT2D eigenvalue weighted by atomic mass is 32.5. The van der Waals surface area contributed by atoms with Gasteiger partial charge < -0.3 is 69.1 Å². The number of ether oxygens (including phenoxy) is 6. The molecule has 9 aromatic carbocycles. The Kier molecular flexibility index (Phi) is 33.5. The zero-order valence-corrected chi connectivity index (χ0v) is 72.0. The summed E-state index contributed by atoms with van der Waals surface area (Å²) in [6.45, 7) is -15.3. The van der Waals surface area contributed by atoms with E-state index in [1.807, 2.05) is 0 Å². The van der Waals surface area contributed by atoms with Crippen LogP contribution in [0, 0.1) is 0 Å². The Bertz CT molecular complexity index is 4850. The van der Waals surface area contributed by atoms with Gasteiger partial charge in [-0.3, -0.25) is 28.8 Å². The fraction of sp³-hybridized carbons (Fsp3) is 0.107. The Morgan fingerprint density at radius 2 is 0.412 bits per heavy atom. The summed E-state index contributed by atoms with van der Waals surface area (Å²) >= 11 is 25.1. The number of hydrazone groups is 3. The maximum Gasteiger partial charge on any atom is 0.490 e. The molecular weight excluding hydrogens is 1680 g/mol. The SMILES string of the molecule is COc1cc(/C=C/C=O)ccc1OP(=S)(Oc1ccc(/C=C/C=O)cc1OC)N(C)/N=C/c1ccc(OP(=S)(Oc2ccc(/C=N/N(C)P(=S)(Oc3ccc(/C=C/C=O)cc3OC)Oc3ccc(/C=C/C=O)cc3OC)cc2)Oc2ccc(/C=N/N(C)P(=S)(Oc3ccc(/C=C/C=O)cc3OC)Oc3ccc(/C=C/C=O)cc3OC)cc2)cc1. The first-order valence-electron chi connectivity index (χ1n) is 35.1. The topological polar surface area (TPSA) is 288 Å².